The zero-order valence-corrected chi connectivity index (χ0v) is 21.3. The molecule has 1 aromatic heterocycles. The van der Waals surface area contributed by atoms with Gasteiger partial charge in [0.05, 0.1) is 13.2 Å². The number of benzene rings is 2. The predicted octanol–water partition coefficient (Wildman–Crippen LogP) is 3.67. The second-order valence-corrected chi connectivity index (χ2v) is 9.46. The molecule has 0 N–H and O–H groups in total. The van der Waals surface area contributed by atoms with E-state index in [0.717, 1.165) is 52.5 Å². The number of morpholine rings is 1. The maximum atomic E-state index is 13.3. The normalized spacial score (nSPS) is 17.9. The van der Waals surface area contributed by atoms with Crippen molar-refractivity contribution in [3.63, 3.8) is 0 Å². The lowest BCUT2D eigenvalue weighted by molar-refractivity contribution is 0.0342. The Balaban J connectivity index is 1.33. The Labute approximate surface area is 218 Å². The minimum Gasteiger partial charge on any atom is -0.488 e. The Bertz CT molecular complexity index is 1200. The Morgan fingerprint density at radius 3 is 2.27 bits per heavy atom. The number of hydrogen-bond acceptors (Lipinski definition) is 7. The van der Waals surface area contributed by atoms with Gasteiger partial charge in [-0.15, -0.1) is 0 Å². The van der Waals surface area contributed by atoms with Gasteiger partial charge in [-0.3, -0.25) is 14.6 Å². The number of aromatic nitrogens is 1. The van der Waals surface area contributed by atoms with Crippen LogP contribution in [0.4, 0.5) is 0 Å². The van der Waals surface area contributed by atoms with Crippen molar-refractivity contribution < 1.29 is 19.0 Å². The average Bonchev–Trinajstić information content (AvgIpc) is 2.93. The number of likely N-dealkylation sites (N-methyl/N-ethyl adjacent to an activating group) is 1. The molecule has 0 bridgehead atoms. The molecule has 1 amide bonds. The van der Waals surface area contributed by atoms with E-state index in [4.69, 9.17) is 14.2 Å². The van der Waals surface area contributed by atoms with E-state index < -0.39 is 0 Å². The summed E-state index contributed by atoms with van der Waals surface area (Å²) in [5.41, 5.74) is 2.99. The molecule has 2 aliphatic heterocycles. The number of pyridine rings is 1. The number of para-hydroxylation sites is 2. The molecule has 8 heteroatoms. The van der Waals surface area contributed by atoms with Crippen LogP contribution >= 0.6 is 0 Å². The van der Waals surface area contributed by atoms with Crippen LogP contribution in [0.15, 0.2) is 66.9 Å². The van der Waals surface area contributed by atoms with Crippen molar-refractivity contribution in [3.8, 4) is 17.4 Å². The van der Waals surface area contributed by atoms with Crippen LogP contribution in [0.3, 0.4) is 0 Å². The van der Waals surface area contributed by atoms with Crippen LogP contribution in [0.1, 0.15) is 21.5 Å². The molecular formula is C29H34N4O4. The highest BCUT2D eigenvalue weighted by molar-refractivity contribution is 5.96. The summed E-state index contributed by atoms with van der Waals surface area (Å²) in [5, 5.41) is 0. The van der Waals surface area contributed by atoms with Gasteiger partial charge in [-0.1, -0.05) is 36.4 Å². The van der Waals surface area contributed by atoms with E-state index in [1.54, 1.807) is 23.2 Å². The van der Waals surface area contributed by atoms with Gasteiger partial charge in [0.25, 0.3) is 5.91 Å². The van der Waals surface area contributed by atoms with E-state index in [-0.39, 0.29) is 11.8 Å². The Hall–Kier alpha value is -3.46. The lowest BCUT2D eigenvalue weighted by atomic mass is 10.1. The highest BCUT2D eigenvalue weighted by Gasteiger charge is 2.21. The van der Waals surface area contributed by atoms with E-state index in [1.807, 2.05) is 31.3 Å². The van der Waals surface area contributed by atoms with Crippen molar-refractivity contribution in [2.24, 2.45) is 0 Å². The van der Waals surface area contributed by atoms with Gasteiger partial charge in [-0.25, -0.2) is 4.98 Å². The quantitative estimate of drug-likeness (QED) is 0.539. The Morgan fingerprint density at radius 2 is 1.49 bits per heavy atom. The monoisotopic (exact) mass is 502 g/mol. The summed E-state index contributed by atoms with van der Waals surface area (Å²) >= 11 is 0. The molecule has 0 spiro atoms. The molecular weight excluding hydrogens is 468 g/mol. The van der Waals surface area contributed by atoms with Crippen LogP contribution in [-0.4, -0.2) is 85.2 Å². The predicted molar refractivity (Wildman–Crippen MR) is 141 cm³/mol. The third-order valence-corrected chi connectivity index (χ3v) is 6.73. The SMILES string of the molecule is CN1CCN(Cc2cccc(CN3CCOCC3)c2)CCOc2ccccc2Oc2ncccc2C1=O. The van der Waals surface area contributed by atoms with E-state index >= 15 is 0 Å². The van der Waals surface area contributed by atoms with Crippen molar-refractivity contribution in [1.29, 1.82) is 0 Å². The van der Waals surface area contributed by atoms with E-state index in [9.17, 15) is 4.79 Å². The fourth-order valence-corrected chi connectivity index (χ4v) is 4.65. The molecule has 3 heterocycles. The summed E-state index contributed by atoms with van der Waals surface area (Å²) in [5.74, 6) is 1.34. The highest BCUT2D eigenvalue weighted by Crippen LogP contribution is 2.32. The van der Waals surface area contributed by atoms with Crippen LogP contribution in [0.2, 0.25) is 0 Å². The Morgan fingerprint density at radius 1 is 0.784 bits per heavy atom. The number of carbonyl (C=O) groups excluding carboxylic acids is 1. The second-order valence-electron chi connectivity index (χ2n) is 9.46. The molecule has 8 nitrogen and oxygen atoms in total. The first-order chi connectivity index (χ1) is 18.2. The molecule has 37 heavy (non-hydrogen) atoms. The average molecular weight is 503 g/mol. The summed E-state index contributed by atoms with van der Waals surface area (Å²) in [6, 6.07) is 19.8. The largest absolute Gasteiger partial charge is 0.488 e. The van der Waals surface area contributed by atoms with Crippen LogP contribution in [-0.2, 0) is 17.8 Å². The summed E-state index contributed by atoms with van der Waals surface area (Å²) in [6.45, 7) is 7.76. The van der Waals surface area contributed by atoms with Crippen molar-refractivity contribution >= 4 is 5.91 Å². The number of rotatable bonds is 4. The first-order valence-corrected chi connectivity index (χ1v) is 12.9. The molecule has 1 fully saturated rings. The van der Waals surface area contributed by atoms with Gasteiger partial charge < -0.3 is 19.1 Å². The van der Waals surface area contributed by atoms with Crippen LogP contribution < -0.4 is 9.47 Å². The lowest BCUT2D eigenvalue weighted by Crippen LogP contribution is -2.38. The maximum absolute atomic E-state index is 13.3. The number of fused-ring (bicyclic) bond motifs is 2. The van der Waals surface area contributed by atoms with Gasteiger partial charge >= 0.3 is 0 Å². The smallest absolute Gasteiger partial charge is 0.259 e. The topological polar surface area (TPSA) is 67.4 Å². The van der Waals surface area contributed by atoms with Gasteiger partial charge in [-0.2, -0.15) is 0 Å². The third-order valence-electron chi connectivity index (χ3n) is 6.73. The van der Waals surface area contributed by atoms with Gasteiger partial charge in [0.15, 0.2) is 11.5 Å². The van der Waals surface area contributed by atoms with E-state index in [0.29, 0.717) is 30.2 Å². The minimum atomic E-state index is -0.117. The molecule has 0 unspecified atom stereocenters. The molecule has 0 radical (unpaired) electrons. The van der Waals surface area contributed by atoms with E-state index in [2.05, 4.69) is 39.0 Å². The van der Waals surface area contributed by atoms with Gasteiger partial charge in [0.1, 0.15) is 12.2 Å². The van der Waals surface area contributed by atoms with Crippen molar-refractivity contribution in [1.82, 2.24) is 19.7 Å². The molecule has 0 atom stereocenters. The van der Waals surface area contributed by atoms with Crippen molar-refractivity contribution in [2.75, 3.05) is 59.6 Å². The Kier molecular flexibility index (Phi) is 8.30. The van der Waals surface area contributed by atoms with Gasteiger partial charge in [0, 0.05) is 59.1 Å². The van der Waals surface area contributed by atoms with E-state index in [1.165, 1.54) is 11.1 Å². The molecule has 2 aliphatic rings. The van der Waals surface area contributed by atoms with Gasteiger partial charge in [0.2, 0.25) is 5.88 Å². The van der Waals surface area contributed by atoms with Crippen molar-refractivity contribution in [3.05, 3.63) is 83.6 Å². The minimum absolute atomic E-state index is 0.117. The van der Waals surface area contributed by atoms with Gasteiger partial charge in [-0.05, 0) is 35.4 Å². The zero-order chi connectivity index (χ0) is 25.5. The van der Waals surface area contributed by atoms with Crippen LogP contribution in [0.25, 0.3) is 0 Å². The highest BCUT2D eigenvalue weighted by atomic mass is 16.5. The third kappa shape index (κ3) is 6.65. The number of hydrogen-bond donors (Lipinski definition) is 0. The summed E-state index contributed by atoms with van der Waals surface area (Å²) in [6.07, 6.45) is 1.63. The fourth-order valence-electron chi connectivity index (χ4n) is 4.65. The molecule has 2 aromatic carbocycles. The number of carbonyl (C=O) groups is 1. The molecule has 194 valence electrons. The molecule has 3 aromatic rings. The number of amides is 1. The zero-order valence-electron chi connectivity index (χ0n) is 21.3. The number of nitrogens with zero attached hydrogens (tertiary/aromatic N) is 4. The second kappa shape index (κ2) is 12.2. The number of ether oxygens (including phenoxy) is 3. The lowest BCUT2D eigenvalue weighted by Gasteiger charge is -2.27. The summed E-state index contributed by atoms with van der Waals surface area (Å²) < 4.78 is 17.7. The maximum Gasteiger partial charge on any atom is 0.259 e. The first-order valence-electron chi connectivity index (χ1n) is 12.9. The summed E-state index contributed by atoms with van der Waals surface area (Å²) in [7, 11) is 1.82. The molecule has 5 rings (SSSR count). The van der Waals surface area contributed by atoms with Crippen molar-refractivity contribution in [2.45, 2.75) is 13.1 Å². The first kappa shape index (κ1) is 25.2. The molecule has 1 saturated heterocycles. The summed E-state index contributed by atoms with van der Waals surface area (Å²) in [4.78, 5) is 24.1. The molecule has 0 aliphatic carbocycles. The fraction of sp³-hybridized carbons (Fsp3) is 0.379. The standard InChI is InChI=1S/C29H34N4O4/c1-31-12-13-32(21-23-6-4-7-24(20-23)22-33-14-17-35-18-15-33)16-19-36-26-9-2-3-10-27(26)37-28-25(29(31)34)8-5-11-30-28/h2-11,20H,12-19,21-22H2,1H3. The molecule has 0 saturated carbocycles. The van der Waals surface area contributed by atoms with Crippen LogP contribution in [0.5, 0.6) is 17.4 Å². The van der Waals surface area contributed by atoms with Crippen LogP contribution in [0, 0.1) is 0 Å².